The van der Waals surface area contributed by atoms with Crippen molar-refractivity contribution in [2.24, 2.45) is 7.05 Å². The van der Waals surface area contributed by atoms with Gasteiger partial charge < -0.3 is 14.8 Å². The van der Waals surface area contributed by atoms with Crippen LogP contribution in [0.25, 0.3) is 0 Å². The molecule has 1 N–H and O–H groups in total. The van der Waals surface area contributed by atoms with Gasteiger partial charge in [0.1, 0.15) is 5.82 Å². The number of imidazole rings is 1. The molecule has 1 aliphatic rings. The van der Waals surface area contributed by atoms with Gasteiger partial charge in [-0.2, -0.15) is 0 Å². The number of aryl methyl sites for hydroxylation is 1. The van der Waals surface area contributed by atoms with Crippen LogP contribution in [-0.4, -0.2) is 40.1 Å². The summed E-state index contributed by atoms with van der Waals surface area (Å²) in [6.45, 7) is 4.37. The Hall–Kier alpha value is -0.870. The molecule has 0 aromatic carbocycles. The predicted octanol–water partition coefficient (Wildman–Crippen LogP) is 0.992. The average molecular weight is 222 g/mol. The van der Waals surface area contributed by atoms with E-state index in [2.05, 4.69) is 33.7 Å². The average Bonchev–Trinajstić information content (AvgIpc) is 2.66. The van der Waals surface area contributed by atoms with E-state index in [1.165, 1.54) is 19.4 Å². The lowest BCUT2D eigenvalue weighted by Gasteiger charge is -2.35. The van der Waals surface area contributed by atoms with E-state index in [-0.39, 0.29) is 0 Å². The van der Waals surface area contributed by atoms with Crippen molar-refractivity contribution in [3.05, 3.63) is 18.2 Å². The fourth-order valence-electron chi connectivity index (χ4n) is 2.28. The van der Waals surface area contributed by atoms with Crippen LogP contribution in [0, 0.1) is 0 Å². The number of nitrogens with zero attached hydrogens (tertiary/aromatic N) is 3. The van der Waals surface area contributed by atoms with Gasteiger partial charge in [0.15, 0.2) is 0 Å². The standard InChI is InChI=1S/C12H22N4/c1-10-8-11(4-6-15(10)2)14-9-12-13-5-7-16(12)3/h5,7,10-11,14H,4,6,8-9H2,1-3H3. The second kappa shape index (κ2) is 4.97. The summed E-state index contributed by atoms with van der Waals surface area (Å²) in [4.78, 5) is 6.75. The van der Waals surface area contributed by atoms with Crippen molar-refractivity contribution < 1.29 is 0 Å². The van der Waals surface area contributed by atoms with Gasteiger partial charge in [0, 0.05) is 31.5 Å². The minimum absolute atomic E-state index is 0.642. The molecule has 1 aromatic rings. The molecule has 1 aliphatic heterocycles. The van der Waals surface area contributed by atoms with E-state index in [4.69, 9.17) is 0 Å². The van der Waals surface area contributed by atoms with Crippen molar-refractivity contribution in [1.82, 2.24) is 19.8 Å². The topological polar surface area (TPSA) is 33.1 Å². The molecular weight excluding hydrogens is 200 g/mol. The van der Waals surface area contributed by atoms with Crippen LogP contribution in [0.3, 0.4) is 0 Å². The zero-order valence-electron chi connectivity index (χ0n) is 10.5. The van der Waals surface area contributed by atoms with Crippen LogP contribution < -0.4 is 5.32 Å². The van der Waals surface area contributed by atoms with Crippen LogP contribution in [0.4, 0.5) is 0 Å². The summed E-state index contributed by atoms with van der Waals surface area (Å²) in [5.41, 5.74) is 0. The second-order valence-electron chi connectivity index (χ2n) is 4.89. The predicted molar refractivity (Wildman–Crippen MR) is 65.2 cm³/mol. The zero-order valence-corrected chi connectivity index (χ0v) is 10.5. The summed E-state index contributed by atoms with van der Waals surface area (Å²) in [5, 5.41) is 3.61. The van der Waals surface area contributed by atoms with Crippen LogP contribution in [0.1, 0.15) is 25.6 Å². The fourth-order valence-corrected chi connectivity index (χ4v) is 2.28. The maximum atomic E-state index is 4.32. The van der Waals surface area contributed by atoms with Crippen LogP contribution in [0.5, 0.6) is 0 Å². The molecule has 0 saturated carbocycles. The van der Waals surface area contributed by atoms with Crippen molar-refractivity contribution in [1.29, 1.82) is 0 Å². The number of aromatic nitrogens is 2. The number of likely N-dealkylation sites (tertiary alicyclic amines) is 1. The third-order valence-electron chi connectivity index (χ3n) is 3.68. The van der Waals surface area contributed by atoms with Gasteiger partial charge in [-0.3, -0.25) is 0 Å². The quantitative estimate of drug-likeness (QED) is 0.828. The Morgan fingerprint density at radius 3 is 2.94 bits per heavy atom. The second-order valence-corrected chi connectivity index (χ2v) is 4.89. The van der Waals surface area contributed by atoms with Crippen LogP contribution in [0.15, 0.2) is 12.4 Å². The van der Waals surface area contributed by atoms with Gasteiger partial charge in [-0.15, -0.1) is 0 Å². The first-order chi connectivity index (χ1) is 7.66. The molecule has 4 heteroatoms. The monoisotopic (exact) mass is 222 g/mol. The maximum Gasteiger partial charge on any atom is 0.122 e. The van der Waals surface area contributed by atoms with Crippen LogP contribution in [0.2, 0.25) is 0 Å². The first-order valence-corrected chi connectivity index (χ1v) is 6.06. The van der Waals surface area contributed by atoms with E-state index >= 15 is 0 Å². The van der Waals surface area contributed by atoms with Crippen molar-refractivity contribution in [2.75, 3.05) is 13.6 Å². The maximum absolute atomic E-state index is 4.32. The summed E-state index contributed by atoms with van der Waals surface area (Å²) < 4.78 is 2.07. The Morgan fingerprint density at radius 1 is 1.50 bits per heavy atom. The Balaban J connectivity index is 1.81. The third kappa shape index (κ3) is 2.62. The molecule has 4 nitrogen and oxygen atoms in total. The summed E-state index contributed by atoms with van der Waals surface area (Å²) in [6.07, 6.45) is 6.33. The van der Waals surface area contributed by atoms with E-state index in [0.29, 0.717) is 12.1 Å². The molecule has 2 unspecified atom stereocenters. The highest BCUT2D eigenvalue weighted by atomic mass is 15.2. The van der Waals surface area contributed by atoms with Gasteiger partial charge in [0.05, 0.1) is 6.54 Å². The van der Waals surface area contributed by atoms with Crippen LogP contribution in [-0.2, 0) is 13.6 Å². The van der Waals surface area contributed by atoms with E-state index in [0.717, 1.165) is 12.4 Å². The molecule has 1 saturated heterocycles. The first kappa shape index (κ1) is 11.6. The summed E-state index contributed by atoms with van der Waals surface area (Å²) in [7, 11) is 4.25. The number of hydrogen-bond acceptors (Lipinski definition) is 3. The first-order valence-electron chi connectivity index (χ1n) is 6.06. The van der Waals surface area contributed by atoms with E-state index < -0.39 is 0 Å². The Morgan fingerprint density at radius 2 is 2.31 bits per heavy atom. The summed E-state index contributed by atoms with van der Waals surface area (Å²) in [6, 6.07) is 1.33. The lowest BCUT2D eigenvalue weighted by Crippen LogP contribution is -2.45. The highest BCUT2D eigenvalue weighted by Crippen LogP contribution is 2.15. The molecule has 2 atom stereocenters. The van der Waals surface area contributed by atoms with Gasteiger partial charge in [-0.25, -0.2) is 4.98 Å². The smallest absolute Gasteiger partial charge is 0.122 e. The molecule has 1 fully saturated rings. The number of rotatable bonds is 3. The van der Waals surface area contributed by atoms with Crippen molar-refractivity contribution in [3.8, 4) is 0 Å². The van der Waals surface area contributed by atoms with Crippen LogP contribution >= 0.6 is 0 Å². The molecule has 0 spiro atoms. The minimum atomic E-state index is 0.642. The summed E-state index contributed by atoms with van der Waals surface area (Å²) in [5.74, 6) is 1.12. The van der Waals surface area contributed by atoms with E-state index in [1.54, 1.807) is 0 Å². The lowest BCUT2D eigenvalue weighted by atomic mass is 9.99. The Labute approximate surface area is 97.7 Å². The normalized spacial score (nSPS) is 27.2. The molecule has 0 radical (unpaired) electrons. The molecular formula is C12H22N4. The SMILES string of the molecule is CC1CC(NCc2nccn2C)CCN1C. The molecule has 90 valence electrons. The molecule has 16 heavy (non-hydrogen) atoms. The van der Waals surface area contributed by atoms with Crippen molar-refractivity contribution in [2.45, 2.75) is 38.4 Å². The lowest BCUT2D eigenvalue weighted by molar-refractivity contribution is 0.167. The van der Waals surface area contributed by atoms with Crippen molar-refractivity contribution in [3.63, 3.8) is 0 Å². The zero-order chi connectivity index (χ0) is 11.5. The number of piperidine rings is 1. The van der Waals surface area contributed by atoms with Gasteiger partial charge in [-0.05, 0) is 33.4 Å². The van der Waals surface area contributed by atoms with Gasteiger partial charge in [-0.1, -0.05) is 0 Å². The molecule has 2 heterocycles. The molecule has 2 rings (SSSR count). The number of nitrogens with one attached hydrogen (secondary N) is 1. The Bertz CT molecular complexity index is 334. The van der Waals surface area contributed by atoms with Gasteiger partial charge >= 0.3 is 0 Å². The minimum Gasteiger partial charge on any atom is -0.337 e. The largest absolute Gasteiger partial charge is 0.337 e. The molecule has 0 aliphatic carbocycles. The Kier molecular flexibility index (Phi) is 3.61. The van der Waals surface area contributed by atoms with E-state index in [9.17, 15) is 0 Å². The molecule has 0 bridgehead atoms. The molecule has 1 aromatic heterocycles. The van der Waals surface area contributed by atoms with Gasteiger partial charge in [0.25, 0.3) is 0 Å². The third-order valence-corrected chi connectivity index (χ3v) is 3.68. The van der Waals surface area contributed by atoms with Gasteiger partial charge in [0.2, 0.25) is 0 Å². The fraction of sp³-hybridized carbons (Fsp3) is 0.750. The number of hydrogen-bond donors (Lipinski definition) is 1. The highest BCUT2D eigenvalue weighted by molar-refractivity contribution is 4.92. The summed E-state index contributed by atoms with van der Waals surface area (Å²) >= 11 is 0. The van der Waals surface area contributed by atoms with E-state index in [1.807, 2.05) is 19.4 Å². The molecule has 0 amide bonds. The van der Waals surface area contributed by atoms with Crippen molar-refractivity contribution >= 4 is 0 Å². The highest BCUT2D eigenvalue weighted by Gasteiger charge is 2.22.